The lowest BCUT2D eigenvalue weighted by Crippen LogP contribution is -2.26. The Bertz CT molecular complexity index is 679. The Morgan fingerprint density at radius 1 is 1.08 bits per heavy atom. The molecule has 0 aliphatic heterocycles. The number of benzene rings is 2. The monoisotopic (exact) mass is 337 g/mol. The van der Waals surface area contributed by atoms with Gasteiger partial charge in [-0.1, -0.05) is 12.1 Å². The normalized spacial score (nSPS) is 12.5. The van der Waals surface area contributed by atoms with Crippen LogP contribution in [-0.2, 0) is 6.18 Å². The third-order valence-electron chi connectivity index (χ3n) is 3.51. The Morgan fingerprint density at radius 2 is 1.67 bits per heavy atom. The number of alkyl halides is 3. The molecule has 1 atom stereocenters. The summed E-state index contributed by atoms with van der Waals surface area (Å²) >= 11 is 0. The standard InChI is InChI=1S/C18H18F3NO2/c1-3-24-16-10-6-14(7-11-16)17(23)22-12(2)13-4-8-15(9-5-13)18(19,20)21/h4-12H,3H2,1-2H3,(H,22,23). The van der Waals surface area contributed by atoms with E-state index in [2.05, 4.69) is 5.32 Å². The number of hydrogen-bond acceptors (Lipinski definition) is 2. The van der Waals surface area contributed by atoms with Crippen LogP contribution in [0.2, 0.25) is 0 Å². The maximum Gasteiger partial charge on any atom is 0.416 e. The van der Waals surface area contributed by atoms with E-state index in [1.807, 2.05) is 6.92 Å². The van der Waals surface area contributed by atoms with E-state index in [-0.39, 0.29) is 5.91 Å². The molecular weight excluding hydrogens is 319 g/mol. The summed E-state index contributed by atoms with van der Waals surface area (Å²) in [6.45, 7) is 4.12. The maximum atomic E-state index is 12.6. The highest BCUT2D eigenvalue weighted by atomic mass is 19.4. The lowest BCUT2D eigenvalue weighted by Gasteiger charge is -2.15. The van der Waals surface area contributed by atoms with Crippen molar-refractivity contribution in [1.29, 1.82) is 0 Å². The minimum Gasteiger partial charge on any atom is -0.494 e. The van der Waals surface area contributed by atoms with E-state index in [1.165, 1.54) is 12.1 Å². The fraction of sp³-hybridized carbons (Fsp3) is 0.278. The van der Waals surface area contributed by atoms with Crippen molar-refractivity contribution in [2.24, 2.45) is 0 Å². The van der Waals surface area contributed by atoms with Gasteiger partial charge < -0.3 is 10.1 Å². The molecule has 2 aromatic rings. The van der Waals surface area contributed by atoms with Gasteiger partial charge in [-0.25, -0.2) is 0 Å². The van der Waals surface area contributed by atoms with Crippen molar-refractivity contribution in [3.05, 3.63) is 65.2 Å². The van der Waals surface area contributed by atoms with Crippen molar-refractivity contribution < 1.29 is 22.7 Å². The Kier molecular flexibility index (Phi) is 5.49. The quantitative estimate of drug-likeness (QED) is 0.866. The number of amides is 1. The third-order valence-corrected chi connectivity index (χ3v) is 3.51. The van der Waals surface area contributed by atoms with Gasteiger partial charge in [0.05, 0.1) is 18.2 Å². The highest BCUT2D eigenvalue weighted by Crippen LogP contribution is 2.29. The highest BCUT2D eigenvalue weighted by Gasteiger charge is 2.30. The van der Waals surface area contributed by atoms with Crippen molar-refractivity contribution in [2.45, 2.75) is 26.1 Å². The van der Waals surface area contributed by atoms with Gasteiger partial charge in [-0.3, -0.25) is 4.79 Å². The van der Waals surface area contributed by atoms with Crippen molar-refractivity contribution in [2.75, 3.05) is 6.61 Å². The van der Waals surface area contributed by atoms with Crippen LogP contribution < -0.4 is 10.1 Å². The molecule has 2 aromatic carbocycles. The average Bonchev–Trinajstić information content (AvgIpc) is 2.55. The molecular formula is C18H18F3NO2. The molecule has 0 fully saturated rings. The van der Waals surface area contributed by atoms with E-state index >= 15 is 0 Å². The summed E-state index contributed by atoms with van der Waals surface area (Å²) in [6.07, 6.45) is -4.37. The van der Waals surface area contributed by atoms with Gasteiger partial charge in [0, 0.05) is 5.56 Å². The van der Waals surface area contributed by atoms with Crippen LogP contribution >= 0.6 is 0 Å². The summed E-state index contributed by atoms with van der Waals surface area (Å²) in [7, 11) is 0. The van der Waals surface area contributed by atoms with Gasteiger partial charge in [0.2, 0.25) is 0 Å². The third kappa shape index (κ3) is 4.50. The molecule has 0 heterocycles. The van der Waals surface area contributed by atoms with Gasteiger partial charge in [0.1, 0.15) is 5.75 Å². The van der Waals surface area contributed by atoms with Crippen LogP contribution in [0, 0.1) is 0 Å². The van der Waals surface area contributed by atoms with Crippen LogP contribution in [0.3, 0.4) is 0 Å². The summed E-state index contributed by atoms with van der Waals surface area (Å²) in [5.74, 6) is 0.371. The van der Waals surface area contributed by atoms with Crippen molar-refractivity contribution in [3.63, 3.8) is 0 Å². The molecule has 0 aliphatic rings. The minimum atomic E-state index is -4.37. The predicted molar refractivity (Wildman–Crippen MR) is 84.9 cm³/mol. The predicted octanol–water partition coefficient (Wildman–Crippen LogP) is 4.60. The topological polar surface area (TPSA) is 38.3 Å². The molecule has 128 valence electrons. The molecule has 3 nitrogen and oxygen atoms in total. The first-order valence-electron chi connectivity index (χ1n) is 7.52. The SMILES string of the molecule is CCOc1ccc(C(=O)NC(C)c2ccc(C(F)(F)F)cc2)cc1. The molecule has 1 unspecified atom stereocenters. The molecule has 0 spiro atoms. The second kappa shape index (κ2) is 7.38. The summed E-state index contributed by atoms with van der Waals surface area (Å²) < 4.78 is 43.0. The molecule has 0 radical (unpaired) electrons. The molecule has 24 heavy (non-hydrogen) atoms. The van der Waals surface area contributed by atoms with Crippen LogP contribution in [0.25, 0.3) is 0 Å². The van der Waals surface area contributed by atoms with E-state index in [0.717, 1.165) is 12.1 Å². The molecule has 2 rings (SSSR count). The molecule has 1 amide bonds. The van der Waals surface area contributed by atoms with Crippen LogP contribution in [0.1, 0.15) is 41.4 Å². The van der Waals surface area contributed by atoms with Gasteiger partial charge in [-0.15, -0.1) is 0 Å². The van der Waals surface area contributed by atoms with Crippen LogP contribution in [-0.4, -0.2) is 12.5 Å². The van der Waals surface area contributed by atoms with Gasteiger partial charge in [0.15, 0.2) is 0 Å². The Hall–Kier alpha value is -2.50. The molecule has 0 aliphatic carbocycles. The van der Waals surface area contributed by atoms with Gasteiger partial charge in [0.25, 0.3) is 5.91 Å². The molecule has 0 saturated carbocycles. The fourth-order valence-corrected chi connectivity index (χ4v) is 2.19. The van der Waals surface area contributed by atoms with Crippen LogP contribution in [0.4, 0.5) is 13.2 Å². The van der Waals surface area contributed by atoms with Crippen LogP contribution in [0.5, 0.6) is 5.75 Å². The zero-order valence-corrected chi connectivity index (χ0v) is 13.4. The highest BCUT2D eigenvalue weighted by molar-refractivity contribution is 5.94. The lowest BCUT2D eigenvalue weighted by molar-refractivity contribution is -0.137. The smallest absolute Gasteiger partial charge is 0.416 e. The Labute approximate surface area is 138 Å². The lowest BCUT2D eigenvalue weighted by atomic mass is 10.1. The van der Waals surface area contributed by atoms with E-state index in [4.69, 9.17) is 4.74 Å². The van der Waals surface area contributed by atoms with Crippen LogP contribution in [0.15, 0.2) is 48.5 Å². The number of carbonyl (C=O) groups excluding carboxylic acids is 1. The fourth-order valence-electron chi connectivity index (χ4n) is 2.19. The summed E-state index contributed by atoms with van der Waals surface area (Å²) in [4.78, 5) is 12.2. The summed E-state index contributed by atoms with van der Waals surface area (Å²) in [5.41, 5.74) is 0.343. The van der Waals surface area contributed by atoms with Gasteiger partial charge in [-0.2, -0.15) is 13.2 Å². The Morgan fingerprint density at radius 3 is 2.17 bits per heavy atom. The van der Waals surface area contributed by atoms with Crippen molar-refractivity contribution in [3.8, 4) is 5.75 Å². The van der Waals surface area contributed by atoms with Gasteiger partial charge in [-0.05, 0) is 55.8 Å². The summed E-state index contributed by atoms with van der Waals surface area (Å²) in [5, 5.41) is 2.76. The first kappa shape index (κ1) is 17.8. The molecule has 6 heteroatoms. The van der Waals surface area contributed by atoms with E-state index in [9.17, 15) is 18.0 Å². The first-order chi connectivity index (χ1) is 11.3. The second-order valence-corrected chi connectivity index (χ2v) is 5.27. The van der Waals surface area contributed by atoms with Crippen molar-refractivity contribution >= 4 is 5.91 Å². The molecule has 0 saturated heterocycles. The number of nitrogens with one attached hydrogen (secondary N) is 1. The Balaban J connectivity index is 2.03. The number of hydrogen-bond donors (Lipinski definition) is 1. The number of carbonyl (C=O) groups is 1. The average molecular weight is 337 g/mol. The molecule has 1 N–H and O–H groups in total. The molecule has 0 aromatic heterocycles. The first-order valence-corrected chi connectivity index (χ1v) is 7.52. The summed E-state index contributed by atoms with van der Waals surface area (Å²) in [6, 6.07) is 11.0. The zero-order valence-electron chi connectivity index (χ0n) is 13.4. The molecule has 0 bridgehead atoms. The van der Waals surface area contributed by atoms with E-state index in [1.54, 1.807) is 31.2 Å². The number of rotatable bonds is 5. The number of halogens is 3. The second-order valence-electron chi connectivity index (χ2n) is 5.27. The van der Waals surface area contributed by atoms with Crippen molar-refractivity contribution in [1.82, 2.24) is 5.32 Å². The van der Waals surface area contributed by atoms with E-state index < -0.39 is 17.8 Å². The largest absolute Gasteiger partial charge is 0.494 e. The minimum absolute atomic E-state index is 0.301. The maximum absolute atomic E-state index is 12.6. The zero-order chi connectivity index (χ0) is 17.7. The van der Waals surface area contributed by atoms with Gasteiger partial charge >= 0.3 is 6.18 Å². The van der Waals surface area contributed by atoms with E-state index in [0.29, 0.717) is 23.5 Å². The number of ether oxygens (including phenoxy) is 1.